The van der Waals surface area contributed by atoms with Gasteiger partial charge in [0.1, 0.15) is 18.5 Å². The zero-order chi connectivity index (χ0) is 25.3. The van der Waals surface area contributed by atoms with Gasteiger partial charge in [-0.15, -0.1) is 0 Å². The number of oxazole rings is 1. The summed E-state index contributed by atoms with van der Waals surface area (Å²) in [6.45, 7) is 1.32. The largest absolute Gasteiger partial charge is 0.431 e. The van der Waals surface area contributed by atoms with E-state index >= 15 is 0 Å². The molecule has 11 nitrogen and oxygen atoms in total. The standard InChI is InChI=1S/C21H30N4O7S2/c1-13(26)22-15(9-10-33-2)18(27)19(28)16(11-14-7-5-4-6-8-14)23-20(29)17-12-32-21(24-17)25-34(3,30)31/h4-8,12,15-16,18-19,27-28H,9-11H2,1-3H3,(H,22,26)(H,23,29)(H,24,25)/t15-,16+,18-,19-/m1/s1. The number of aliphatic hydroxyl groups is 2. The summed E-state index contributed by atoms with van der Waals surface area (Å²) in [5.41, 5.74) is 0.575. The summed E-state index contributed by atoms with van der Waals surface area (Å²) >= 11 is 1.53. The molecular weight excluding hydrogens is 484 g/mol. The lowest BCUT2D eigenvalue weighted by atomic mass is 9.93. The van der Waals surface area contributed by atoms with E-state index in [1.807, 2.05) is 29.2 Å². The number of thioether (sulfide) groups is 1. The van der Waals surface area contributed by atoms with Crippen LogP contribution in [0.1, 0.15) is 29.4 Å². The van der Waals surface area contributed by atoms with Gasteiger partial charge in [0.2, 0.25) is 15.9 Å². The van der Waals surface area contributed by atoms with Gasteiger partial charge in [0.25, 0.3) is 5.91 Å². The van der Waals surface area contributed by atoms with Crippen LogP contribution in [0.5, 0.6) is 0 Å². The zero-order valence-corrected chi connectivity index (χ0v) is 20.7. The summed E-state index contributed by atoms with van der Waals surface area (Å²) < 4.78 is 29.7. The van der Waals surface area contributed by atoms with Gasteiger partial charge in [0, 0.05) is 6.92 Å². The number of sulfonamides is 1. The van der Waals surface area contributed by atoms with Gasteiger partial charge in [-0.2, -0.15) is 16.7 Å². The van der Waals surface area contributed by atoms with Crippen LogP contribution in [0.25, 0.3) is 0 Å². The zero-order valence-electron chi connectivity index (χ0n) is 19.1. The lowest BCUT2D eigenvalue weighted by molar-refractivity contribution is -0.121. The van der Waals surface area contributed by atoms with Crippen LogP contribution in [0.2, 0.25) is 0 Å². The number of hydrogen-bond acceptors (Lipinski definition) is 9. The second kappa shape index (κ2) is 12.7. The van der Waals surface area contributed by atoms with Gasteiger partial charge in [-0.05, 0) is 30.4 Å². The van der Waals surface area contributed by atoms with E-state index in [2.05, 4.69) is 15.6 Å². The quantitative estimate of drug-likeness (QED) is 0.253. The Morgan fingerprint density at radius 2 is 1.76 bits per heavy atom. The van der Waals surface area contributed by atoms with Gasteiger partial charge >= 0.3 is 6.01 Å². The third kappa shape index (κ3) is 8.97. The highest BCUT2D eigenvalue weighted by molar-refractivity contribution is 7.98. The molecular formula is C21H30N4O7S2. The molecule has 0 fully saturated rings. The number of aliphatic hydroxyl groups excluding tert-OH is 2. The minimum absolute atomic E-state index is 0.173. The summed E-state index contributed by atoms with van der Waals surface area (Å²) in [7, 11) is -3.65. The van der Waals surface area contributed by atoms with Crippen molar-refractivity contribution >= 4 is 39.6 Å². The number of benzene rings is 1. The number of hydrogen-bond donors (Lipinski definition) is 5. The van der Waals surface area contributed by atoms with Gasteiger partial charge in [0.15, 0.2) is 5.69 Å². The first kappa shape index (κ1) is 27.6. The van der Waals surface area contributed by atoms with Crippen molar-refractivity contribution in [3.05, 3.63) is 47.9 Å². The Kier molecular flexibility index (Phi) is 10.4. The molecule has 0 bridgehead atoms. The van der Waals surface area contributed by atoms with Gasteiger partial charge in [0.05, 0.1) is 18.3 Å². The molecule has 0 aliphatic heterocycles. The Bertz CT molecular complexity index is 1050. The van der Waals surface area contributed by atoms with Crippen molar-refractivity contribution < 1.29 is 32.6 Å². The molecule has 34 heavy (non-hydrogen) atoms. The first-order chi connectivity index (χ1) is 16.0. The minimum Gasteiger partial charge on any atom is -0.431 e. The number of nitrogens with one attached hydrogen (secondary N) is 3. The average Bonchev–Trinajstić information content (AvgIpc) is 3.22. The molecule has 2 rings (SSSR count). The summed E-state index contributed by atoms with van der Waals surface area (Å²) in [5, 5.41) is 27.2. The van der Waals surface area contributed by atoms with Gasteiger partial charge in [-0.25, -0.2) is 13.1 Å². The summed E-state index contributed by atoms with van der Waals surface area (Å²) in [6.07, 6.45) is 1.54. The van der Waals surface area contributed by atoms with Crippen LogP contribution in [-0.4, -0.2) is 78.0 Å². The van der Waals surface area contributed by atoms with E-state index in [-0.39, 0.29) is 24.0 Å². The molecule has 13 heteroatoms. The molecule has 1 heterocycles. The molecule has 0 spiro atoms. The first-order valence-corrected chi connectivity index (χ1v) is 13.7. The SMILES string of the molecule is CSCC[C@@H](NC(C)=O)[C@@H](O)[C@H](O)[C@H](Cc1ccccc1)NC(=O)c1coc(NS(C)(=O)=O)n1. The van der Waals surface area contributed by atoms with Gasteiger partial charge < -0.3 is 25.3 Å². The molecule has 0 aliphatic rings. The van der Waals surface area contributed by atoms with Gasteiger partial charge in [-0.3, -0.25) is 9.59 Å². The van der Waals surface area contributed by atoms with Crippen molar-refractivity contribution in [2.45, 2.75) is 44.1 Å². The van der Waals surface area contributed by atoms with E-state index < -0.39 is 40.2 Å². The van der Waals surface area contributed by atoms with Crippen molar-refractivity contribution in [3.63, 3.8) is 0 Å². The van der Waals surface area contributed by atoms with E-state index in [1.165, 1.54) is 18.7 Å². The van der Waals surface area contributed by atoms with Crippen LogP contribution in [0, 0.1) is 0 Å². The Balaban J connectivity index is 2.24. The molecule has 1 aromatic carbocycles. The Morgan fingerprint density at radius 3 is 2.35 bits per heavy atom. The number of rotatable bonds is 13. The van der Waals surface area contributed by atoms with E-state index in [4.69, 9.17) is 4.42 Å². The highest BCUT2D eigenvalue weighted by Gasteiger charge is 2.34. The number of anilines is 1. The second-order valence-electron chi connectivity index (χ2n) is 7.75. The molecule has 2 aromatic rings. The molecule has 1 aromatic heterocycles. The van der Waals surface area contributed by atoms with E-state index in [0.717, 1.165) is 18.1 Å². The maximum Gasteiger partial charge on any atom is 0.309 e. The lowest BCUT2D eigenvalue weighted by Crippen LogP contribution is -2.56. The summed E-state index contributed by atoms with van der Waals surface area (Å²) in [4.78, 5) is 28.2. The molecule has 4 atom stereocenters. The van der Waals surface area contributed by atoms with Crippen molar-refractivity contribution in [2.75, 3.05) is 23.0 Å². The van der Waals surface area contributed by atoms with Crippen LogP contribution in [0.4, 0.5) is 6.01 Å². The molecule has 0 saturated carbocycles. The molecule has 0 aliphatic carbocycles. The highest BCUT2D eigenvalue weighted by atomic mass is 32.2. The van der Waals surface area contributed by atoms with Crippen molar-refractivity contribution in [1.82, 2.24) is 15.6 Å². The topological polar surface area (TPSA) is 171 Å². The number of nitrogens with zero attached hydrogens (tertiary/aromatic N) is 1. The summed E-state index contributed by atoms with van der Waals surface area (Å²) in [5.74, 6) is -0.452. The van der Waals surface area contributed by atoms with Gasteiger partial charge in [-0.1, -0.05) is 30.3 Å². The van der Waals surface area contributed by atoms with Crippen molar-refractivity contribution in [2.24, 2.45) is 0 Å². The van der Waals surface area contributed by atoms with Crippen LogP contribution in [-0.2, 0) is 21.2 Å². The van der Waals surface area contributed by atoms with Crippen molar-refractivity contribution in [3.8, 4) is 0 Å². The number of amides is 2. The molecule has 188 valence electrons. The number of aromatic nitrogens is 1. The smallest absolute Gasteiger partial charge is 0.309 e. The lowest BCUT2D eigenvalue weighted by Gasteiger charge is -2.32. The molecule has 0 saturated heterocycles. The first-order valence-electron chi connectivity index (χ1n) is 10.4. The van der Waals surface area contributed by atoms with E-state index in [1.54, 1.807) is 12.1 Å². The molecule has 2 amide bonds. The van der Waals surface area contributed by atoms with E-state index in [9.17, 15) is 28.2 Å². The third-order valence-corrected chi connectivity index (χ3v) is 6.01. The Morgan fingerprint density at radius 1 is 1.12 bits per heavy atom. The predicted molar refractivity (Wildman–Crippen MR) is 129 cm³/mol. The number of carbonyl (C=O) groups excluding carboxylic acids is 2. The normalized spacial score (nSPS) is 15.1. The van der Waals surface area contributed by atoms with Crippen LogP contribution >= 0.6 is 11.8 Å². The monoisotopic (exact) mass is 514 g/mol. The molecule has 5 N–H and O–H groups in total. The fourth-order valence-electron chi connectivity index (χ4n) is 3.26. The molecule has 0 radical (unpaired) electrons. The van der Waals surface area contributed by atoms with Crippen molar-refractivity contribution in [1.29, 1.82) is 0 Å². The van der Waals surface area contributed by atoms with Crippen LogP contribution < -0.4 is 15.4 Å². The second-order valence-corrected chi connectivity index (χ2v) is 10.5. The fourth-order valence-corrected chi connectivity index (χ4v) is 4.16. The molecule has 0 unspecified atom stereocenters. The third-order valence-electron chi connectivity index (χ3n) is 4.82. The summed E-state index contributed by atoms with van der Waals surface area (Å²) in [6, 6.07) is 6.97. The van der Waals surface area contributed by atoms with Crippen LogP contribution in [0.15, 0.2) is 41.0 Å². The predicted octanol–water partition coefficient (Wildman–Crippen LogP) is 0.367. The average molecular weight is 515 g/mol. The highest BCUT2D eigenvalue weighted by Crippen LogP contribution is 2.16. The Labute approximate surface area is 202 Å². The minimum atomic E-state index is -3.65. The van der Waals surface area contributed by atoms with E-state index in [0.29, 0.717) is 12.2 Å². The number of carbonyl (C=O) groups is 2. The maximum atomic E-state index is 12.8. The van der Waals surface area contributed by atoms with Crippen LogP contribution in [0.3, 0.4) is 0 Å². The maximum absolute atomic E-state index is 12.8. The Hall–Kier alpha value is -2.61. The fraction of sp³-hybridized carbons (Fsp3) is 0.476.